The number of benzene rings is 2. The van der Waals surface area contributed by atoms with Gasteiger partial charge >= 0.3 is 12.1 Å². The molecule has 0 radical (unpaired) electrons. The minimum Gasteiger partial charge on any atom is -0.480 e. The Kier molecular flexibility index (Phi) is 7.50. The van der Waals surface area contributed by atoms with E-state index in [0.717, 1.165) is 54.4 Å². The third-order valence-corrected chi connectivity index (χ3v) is 7.02. The molecule has 0 aliphatic heterocycles. The Morgan fingerprint density at radius 1 is 0.941 bits per heavy atom. The number of ether oxygens (including phenoxy) is 1. The van der Waals surface area contributed by atoms with Crippen molar-refractivity contribution < 1.29 is 24.2 Å². The average molecular weight is 465 g/mol. The highest BCUT2D eigenvalue weighted by molar-refractivity contribution is 5.84. The van der Waals surface area contributed by atoms with Crippen molar-refractivity contribution >= 4 is 18.0 Å². The van der Waals surface area contributed by atoms with Gasteiger partial charge < -0.3 is 20.5 Å². The van der Waals surface area contributed by atoms with E-state index in [9.17, 15) is 14.4 Å². The van der Waals surface area contributed by atoms with Gasteiger partial charge in [0.15, 0.2) is 0 Å². The molecular formula is C27H32N2O5. The van der Waals surface area contributed by atoms with Gasteiger partial charge in [0, 0.05) is 18.4 Å². The standard InChI is InChI=1S/C27H32N2O5/c1-17(26(31)32)28-25(30)15-24(18-9-3-2-4-10-18)29-27(33)34-16-23-21-13-7-5-11-19(21)20-12-6-8-14-22(20)23/h5-8,11-14,17-18,23-24H,2-4,9-10,15-16H2,1H3,(H,28,30)(H,29,33)(H,31,32). The van der Waals surface area contributed by atoms with Crippen molar-refractivity contribution in [3.8, 4) is 11.1 Å². The summed E-state index contributed by atoms with van der Waals surface area (Å²) in [6.07, 6.45) is 4.60. The van der Waals surface area contributed by atoms with Gasteiger partial charge in [0.25, 0.3) is 0 Å². The van der Waals surface area contributed by atoms with Crippen LogP contribution in [0, 0.1) is 5.92 Å². The van der Waals surface area contributed by atoms with Gasteiger partial charge in [-0.05, 0) is 47.9 Å². The van der Waals surface area contributed by atoms with Crippen molar-refractivity contribution in [1.82, 2.24) is 10.6 Å². The first-order chi connectivity index (χ1) is 16.4. The molecule has 2 atom stereocenters. The van der Waals surface area contributed by atoms with E-state index in [1.54, 1.807) is 0 Å². The molecular weight excluding hydrogens is 432 g/mol. The molecule has 1 saturated carbocycles. The maximum absolute atomic E-state index is 12.8. The van der Waals surface area contributed by atoms with Crippen molar-refractivity contribution in [2.45, 2.75) is 63.5 Å². The molecule has 0 heterocycles. The van der Waals surface area contributed by atoms with Crippen molar-refractivity contribution in [1.29, 1.82) is 0 Å². The molecule has 4 rings (SSSR count). The number of hydrogen-bond acceptors (Lipinski definition) is 4. The van der Waals surface area contributed by atoms with Crippen LogP contribution in [0.4, 0.5) is 4.79 Å². The van der Waals surface area contributed by atoms with E-state index in [1.165, 1.54) is 6.92 Å². The fourth-order valence-corrected chi connectivity index (χ4v) is 5.23. The van der Waals surface area contributed by atoms with Crippen molar-refractivity contribution in [2.24, 2.45) is 5.92 Å². The van der Waals surface area contributed by atoms with Crippen LogP contribution in [-0.4, -0.2) is 41.8 Å². The number of rotatable bonds is 8. The number of hydrogen-bond donors (Lipinski definition) is 3. The number of carboxylic acids is 1. The zero-order valence-corrected chi connectivity index (χ0v) is 19.5. The fraction of sp³-hybridized carbons (Fsp3) is 0.444. The zero-order chi connectivity index (χ0) is 24.1. The number of carbonyl (C=O) groups excluding carboxylic acids is 2. The first-order valence-electron chi connectivity index (χ1n) is 12.1. The van der Waals surface area contributed by atoms with E-state index in [2.05, 4.69) is 34.9 Å². The minimum absolute atomic E-state index is 0.0342. The van der Waals surface area contributed by atoms with Gasteiger partial charge in [-0.3, -0.25) is 9.59 Å². The first-order valence-corrected chi connectivity index (χ1v) is 12.1. The second-order valence-corrected chi connectivity index (χ2v) is 9.31. The summed E-state index contributed by atoms with van der Waals surface area (Å²) in [6.45, 7) is 1.63. The predicted molar refractivity (Wildman–Crippen MR) is 128 cm³/mol. The van der Waals surface area contributed by atoms with Crippen molar-refractivity contribution in [3.63, 3.8) is 0 Å². The molecule has 0 bridgehead atoms. The monoisotopic (exact) mass is 464 g/mol. The van der Waals surface area contributed by atoms with E-state index >= 15 is 0 Å². The lowest BCUT2D eigenvalue weighted by molar-refractivity contribution is -0.141. The third kappa shape index (κ3) is 5.41. The van der Waals surface area contributed by atoms with Gasteiger partial charge in [0.2, 0.25) is 5.91 Å². The maximum atomic E-state index is 12.8. The lowest BCUT2D eigenvalue weighted by atomic mass is 9.82. The van der Waals surface area contributed by atoms with Crippen LogP contribution in [0.3, 0.4) is 0 Å². The van der Waals surface area contributed by atoms with Crippen LogP contribution in [0.1, 0.15) is 62.5 Å². The Morgan fingerprint density at radius 3 is 2.12 bits per heavy atom. The van der Waals surface area contributed by atoms with Gasteiger partial charge in [-0.2, -0.15) is 0 Å². The summed E-state index contributed by atoms with van der Waals surface area (Å²) < 4.78 is 5.69. The predicted octanol–water partition coefficient (Wildman–Crippen LogP) is 4.45. The van der Waals surface area contributed by atoms with Gasteiger partial charge in [0.1, 0.15) is 12.6 Å². The summed E-state index contributed by atoms with van der Waals surface area (Å²) in [4.78, 5) is 36.4. The van der Waals surface area contributed by atoms with Crippen LogP contribution in [0.2, 0.25) is 0 Å². The normalized spacial score (nSPS) is 17.2. The lowest BCUT2D eigenvalue weighted by Gasteiger charge is -2.30. The second kappa shape index (κ2) is 10.7. The molecule has 0 saturated heterocycles. The van der Waals surface area contributed by atoms with Crippen LogP contribution >= 0.6 is 0 Å². The van der Waals surface area contributed by atoms with E-state index in [4.69, 9.17) is 9.84 Å². The van der Waals surface area contributed by atoms with Gasteiger partial charge in [-0.15, -0.1) is 0 Å². The molecule has 0 aromatic heterocycles. The second-order valence-electron chi connectivity index (χ2n) is 9.31. The number of aliphatic carboxylic acids is 1. The molecule has 0 spiro atoms. The lowest BCUT2D eigenvalue weighted by Crippen LogP contribution is -2.47. The molecule has 7 heteroatoms. The van der Waals surface area contributed by atoms with E-state index < -0.39 is 24.1 Å². The third-order valence-electron chi connectivity index (χ3n) is 7.02. The first kappa shape index (κ1) is 23.8. The van der Waals surface area contributed by atoms with Crippen LogP contribution in [-0.2, 0) is 14.3 Å². The molecule has 2 unspecified atom stereocenters. The highest BCUT2D eigenvalue weighted by Crippen LogP contribution is 2.44. The maximum Gasteiger partial charge on any atom is 0.407 e. The fourth-order valence-electron chi connectivity index (χ4n) is 5.23. The van der Waals surface area contributed by atoms with Crippen LogP contribution in [0.25, 0.3) is 11.1 Å². The topological polar surface area (TPSA) is 105 Å². The highest BCUT2D eigenvalue weighted by atomic mass is 16.5. The molecule has 180 valence electrons. The molecule has 2 aliphatic carbocycles. The van der Waals surface area contributed by atoms with Gasteiger partial charge in [0.05, 0.1) is 0 Å². The molecule has 2 aromatic carbocycles. The number of carboxylic acid groups (broad SMARTS) is 1. The molecule has 2 aliphatic rings. The number of nitrogens with one attached hydrogen (secondary N) is 2. The Morgan fingerprint density at radius 2 is 1.53 bits per heavy atom. The molecule has 2 aromatic rings. The Bertz CT molecular complexity index is 1000. The van der Waals surface area contributed by atoms with E-state index in [1.807, 2.05) is 24.3 Å². The Labute approximate surface area is 199 Å². The molecule has 2 amide bonds. The van der Waals surface area contributed by atoms with Crippen LogP contribution < -0.4 is 10.6 Å². The molecule has 1 fully saturated rings. The number of amides is 2. The van der Waals surface area contributed by atoms with Gasteiger partial charge in [-0.25, -0.2) is 4.79 Å². The number of fused-ring (bicyclic) bond motifs is 3. The summed E-state index contributed by atoms with van der Waals surface area (Å²) in [5.74, 6) is -1.34. The van der Waals surface area contributed by atoms with Crippen LogP contribution in [0.5, 0.6) is 0 Å². The molecule has 7 nitrogen and oxygen atoms in total. The zero-order valence-electron chi connectivity index (χ0n) is 19.5. The summed E-state index contributed by atoms with van der Waals surface area (Å²) in [7, 11) is 0. The largest absolute Gasteiger partial charge is 0.480 e. The average Bonchev–Trinajstić information content (AvgIpc) is 3.16. The number of carbonyl (C=O) groups is 3. The quantitative estimate of drug-likeness (QED) is 0.535. The van der Waals surface area contributed by atoms with E-state index in [-0.39, 0.29) is 30.8 Å². The van der Waals surface area contributed by atoms with Crippen molar-refractivity contribution in [3.05, 3.63) is 59.7 Å². The SMILES string of the molecule is CC(NC(=O)CC(NC(=O)OCC1c2ccccc2-c2ccccc21)C1CCCCC1)C(=O)O. The molecule has 34 heavy (non-hydrogen) atoms. The Hall–Kier alpha value is -3.35. The summed E-state index contributed by atoms with van der Waals surface area (Å²) in [5, 5.41) is 14.5. The minimum atomic E-state index is -1.09. The smallest absolute Gasteiger partial charge is 0.407 e. The van der Waals surface area contributed by atoms with Gasteiger partial charge in [-0.1, -0.05) is 67.8 Å². The Balaban J connectivity index is 1.41. The summed E-state index contributed by atoms with van der Waals surface area (Å²) in [6, 6.07) is 15.0. The van der Waals surface area contributed by atoms with Crippen LogP contribution in [0.15, 0.2) is 48.5 Å². The number of alkyl carbamates (subject to hydrolysis) is 1. The van der Waals surface area contributed by atoms with Crippen molar-refractivity contribution in [2.75, 3.05) is 6.61 Å². The van der Waals surface area contributed by atoms with E-state index in [0.29, 0.717) is 0 Å². The molecule has 3 N–H and O–H groups in total. The summed E-state index contributed by atoms with van der Waals surface area (Å²) >= 11 is 0. The summed E-state index contributed by atoms with van der Waals surface area (Å²) in [5.41, 5.74) is 4.61. The highest BCUT2D eigenvalue weighted by Gasteiger charge is 2.31.